The molecule has 0 aromatic carbocycles. The van der Waals surface area contributed by atoms with E-state index >= 15 is 0 Å². The molecule has 4 N–H and O–H groups in total. The minimum absolute atomic E-state index is 0.134. The third kappa shape index (κ3) is 4.28. The van der Waals surface area contributed by atoms with E-state index in [2.05, 4.69) is 9.97 Å². The van der Waals surface area contributed by atoms with Crippen LogP contribution in [0.1, 0.15) is 27.2 Å². The molecule has 0 radical (unpaired) electrons. The number of nitrogens with two attached hydrogens (primary N) is 2. The number of halogens is 1. The molecule has 9 heteroatoms. The van der Waals surface area contributed by atoms with Gasteiger partial charge in [0.1, 0.15) is 5.60 Å². The maximum absolute atomic E-state index is 12.9. The molecule has 8 nitrogen and oxygen atoms in total. The number of hydrazine groups is 1. The van der Waals surface area contributed by atoms with Crippen LogP contribution in [0, 0.1) is 5.82 Å². The fraction of sp³-hybridized carbons (Fsp3) is 0.500. The molecule has 0 unspecified atom stereocenters. The van der Waals surface area contributed by atoms with Crippen molar-refractivity contribution in [2.45, 2.75) is 32.8 Å². The Balaban J connectivity index is 2.09. The zero-order chi connectivity index (χ0) is 17.2. The molecule has 1 aliphatic heterocycles. The molecule has 1 aromatic heterocycles. The molecular formula is C14H21FN6O2. The average molecular weight is 324 g/mol. The first kappa shape index (κ1) is 16.9. The smallest absolute Gasteiger partial charge is 0.410 e. The van der Waals surface area contributed by atoms with Gasteiger partial charge < -0.3 is 15.4 Å². The summed E-state index contributed by atoms with van der Waals surface area (Å²) in [6.45, 7) is 5.99. The van der Waals surface area contributed by atoms with Crippen molar-refractivity contribution in [1.29, 1.82) is 0 Å². The maximum atomic E-state index is 12.9. The van der Waals surface area contributed by atoms with Gasteiger partial charge >= 0.3 is 6.09 Å². The Bertz CT molecular complexity index is 611. The van der Waals surface area contributed by atoms with Crippen molar-refractivity contribution in [3.63, 3.8) is 0 Å². The van der Waals surface area contributed by atoms with Crippen LogP contribution in [0.4, 0.5) is 15.1 Å². The molecule has 0 aliphatic carbocycles. The van der Waals surface area contributed by atoms with E-state index < -0.39 is 17.5 Å². The Hall–Kier alpha value is -2.42. The van der Waals surface area contributed by atoms with Crippen LogP contribution in [0.3, 0.4) is 0 Å². The highest BCUT2D eigenvalue weighted by Gasteiger charge is 2.28. The summed E-state index contributed by atoms with van der Waals surface area (Å²) in [6, 6.07) is 0. The normalized spacial score (nSPS) is 15.6. The molecule has 0 atom stereocenters. The summed E-state index contributed by atoms with van der Waals surface area (Å²) in [5.74, 6) is 5.53. The molecule has 23 heavy (non-hydrogen) atoms. The van der Waals surface area contributed by atoms with Crippen LogP contribution < -0.4 is 16.6 Å². The topological polar surface area (TPSA) is 111 Å². The van der Waals surface area contributed by atoms with E-state index in [0.29, 0.717) is 24.4 Å². The monoisotopic (exact) mass is 324 g/mol. The second-order valence-corrected chi connectivity index (χ2v) is 6.20. The highest BCUT2D eigenvalue weighted by Crippen LogP contribution is 2.21. The van der Waals surface area contributed by atoms with Crippen molar-refractivity contribution >= 4 is 12.0 Å². The van der Waals surface area contributed by atoms with E-state index in [1.54, 1.807) is 20.8 Å². The lowest BCUT2D eigenvalue weighted by molar-refractivity contribution is 0.0258. The molecule has 1 aliphatic rings. The lowest BCUT2D eigenvalue weighted by atomic mass is 10.1. The number of rotatable bonds is 2. The van der Waals surface area contributed by atoms with Gasteiger partial charge in [0.25, 0.3) is 0 Å². The number of amides is 1. The Morgan fingerprint density at radius 2 is 2.00 bits per heavy atom. The SMILES string of the molecule is CC(C)(C)OC(=O)N1CCC(N(N)c2ncc(F)cn2)=C(N)C1. The number of carbonyl (C=O) groups excluding carboxylic acids is 1. The predicted molar refractivity (Wildman–Crippen MR) is 82.3 cm³/mol. The third-order valence-electron chi connectivity index (χ3n) is 3.12. The number of hydrogen-bond donors (Lipinski definition) is 2. The highest BCUT2D eigenvalue weighted by molar-refractivity contribution is 5.69. The quantitative estimate of drug-likeness (QED) is 0.619. The van der Waals surface area contributed by atoms with Crippen molar-refractivity contribution in [1.82, 2.24) is 14.9 Å². The lowest BCUT2D eigenvalue weighted by Gasteiger charge is -2.33. The van der Waals surface area contributed by atoms with Crippen molar-refractivity contribution in [2.75, 3.05) is 18.1 Å². The van der Waals surface area contributed by atoms with Crippen LogP contribution in [-0.4, -0.2) is 39.7 Å². The van der Waals surface area contributed by atoms with Crippen molar-refractivity contribution in [3.8, 4) is 0 Å². The van der Waals surface area contributed by atoms with E-state index in [9.17, 15) is 9.18 Å². The van der Waals surface area contributed by atoms with Gasteiger partial charge in [-0.2, -0.15) is 0 Å². The first-order valence-corrected chi connectivity index (χ1v) is 7.15. The van der Waals surface area contributed by atoms with Gasteiger partial charge in [-0.1, -0.05) is 0 Å². The van der Waals surface area contributed by atoms with E-state index in [4.69, 9.17) is 16.3 Å². The maximum Gasteiger partial charge on any atom is 0.410 e. The Labute approximate surface area is 133 Å². The van der Waals surface area contributed by atoms with E-state index in [1.807, 2.05) is 0 Å². The second kappa shape index (κ2) is 6.37. The number of aromatic nitrogens is 2. The fourth-order valence-electron chi connectivity index (χ4n) is 2.09. The predicted octanol–water partition coefficient (Wildman–Crippen LogP) is 1.11. The van der Waals surface area contributed by atoms with Gasteiger partial charge in [-0.3, -0.25) is 0 Å². The first-order valence-electron chi connectivity index (χ1n) is 7.15. The van der Waals surface area contributed by atoms with Gasteiger partial charge in [0, 0.05) is 18.7 Å². The number of hydrogen-bond acceptors (Lipinski definition) is 7. The third-order valence-corrected chi connectivity index (χ3v) is 3.12. The number of anilines is 1. The van der Waals surface area contributed by atoms with Crippen molar-refractivity contribution in [3.05, 3.63) is 29.6 Å². The summed E-state index contributed by atoms with van der Waals surface area (Å²) < 4.78 is 18.2. The summed E-state index contributed by atoms with van der Waals surface area (Å²) in [6.07, 6.45) is 2.03. The standard InChI is InChI=1S/C14H21FN6O2/c1-14(2,3)23-13(22)20-5-4-11(10(16)8-20)21(17)12-18-6-9(15)7-19-12/h6-7H,4-5,8,16-17H2,1-3H3. The molecule has 1 amide bonds. The van der Waals surface area contributed by atoms with Crippen LogP contribution in [0.5, 0.6) is 0 Å². The average Bonchev–Trinajstić information content (AvgIpc) is 2.45. The summed E-state index contributed by atoms with van der Waals surface area (Å²) in [5, 5.41) is 1.21. The molecule has 0 saturated carbocycles. The minimum atomic E-state index is -0.572. The fourth-order valence-corrected chi connectivity index (χ4v) is 2.09. The molecule has 0 spiro atoms. The zero-order valence-electron chi connectivity index (χ0n) is 13.4. The Morgan fingerprint density at radius 1 is 1.39 bits per heavy atom. The molecule has 0 bridgehead atoms. The summed E-state index contributed by atoms with van der Waals surface area (Å²) >= 11 is 0. The molecule has 126 valence electrons. The molecule has 0 fully saturated rings. The minimum Gasteiger partial charge on any atom is -0.444 e. The van der Waals surface area contributed by atoms with E-state index in [-0.39, 0.29) is 12.5 Å². The molecule has 1 aromatic rings. The Morgan fingerprint density at radius 3 is 2.52 bits per heavy atom. The van der Waals surface area contributed by atoms with Gasteiger partial charge in [0.15, 0.2) is 5.82 Å². The van der Waals surface area contributed by atoms with Crippen molar-refractivity contribution < 1.29 is 13.9 Å². The number of carbonyl (C=O) groups is 1. The van der Waals surface area contributed by atoms with Crippen LogP contribution in [0.25, 0.3) is 0 Å². The van der Waals surface area contributed by atoms with Crippen LogP contribution in [0.15, 0.2) is 23.8 Å². The second-order valence-electron chi connectivity index (χ2n) is 6.20. The summed E-state index contributed by atoms with van der Waals surface area (Å²) in [7, 11) is 0. The molecule has 2 rings (SSSR count). The Kier molecular flexibility index (Phi) is 4.69. The number of nitrogens with zero attached hydrogens (tertiary/aromatic N) is 4. The van der Waals surface area contributed by atoms with E-state index in [1.165, 1.54) is 9.91 Å². The number of ether oxygens (including phenoxy) is 1. The first-order chi connectivity index (χ1) is 10.7. The zero-order valence-corrected chi connectivity index (χ0v) is 13.4. The van der Waals surface area contributed by atoms with E-state index in [0.717, 1.165) is 12.4 Å². The van der Waals surface area contributed by atoms with Crippen LogP contribution in [-0.2, 0) is 4.74 Å². The molecule has 2 heterocycles. The van der Waals surface area contributed by atoms with Crippen molar-refractivity contribution in [2.24, 2.45) is 11.6 Å². The summed E-state index contributed by atoms with van der Waals surface area (Å²) in [4.78, 5) is 21.2. The highest BCUT2D eigenvalue weighted by atomic mass is 19.1. The van der Waals surface area contributed by atoms with Gasteiger partial charge in [-0.25, -0.2) is 30.0 Å². The van der Waals surface area contributed by atoms with Gasteiger partial charge in [0.2, 0.25) is 5.95 Å². The van der Waals surface area contributed by atoms with Crippen LogP contribution >= 0.6 is 0 Å². The molecule has 0 saturated heterocycles. The van der Waals surface area contributed by atoms with Gasteiger partial charge in [0.05, 0.1) is 24.6 Å². The van der Waals surface area contributed by atoms with Gasteiger partial charge in [-0.15, -0.1) is 0 Å². The van der Waals surface area contributed by atoms with Crippen LogP contribution in [0.2, 0.25) is 0 Å². The largest absolute Gasteiger partial charge is 0.444 e. The lowest BCUT2D eigenvalue weighted by Crippen LogP contribution is -2.46. The van der Waals surface area contributed by atoms with Gasteiger partial charge in [-0.05, 0) is 20.8 Å². The summed E-state index contributed by atoms with van der Waals surface area (Å²) in [5.41, 5.74) is 6.45. The molecular weight excluding hydrogens is 303 g/mol.